The van der Waals surface area contributed by atoms with Gasteiger partial charge in [-0.1, -0.05) is 6.07 Å². The van der Waals surface area contributed by atoms with Gasteiger partial charge in [0.05, 0.1) is 23.9 Å². The summed E-state index contributed by atoms with van der Waals surface area (Å²) in [6.07, 6.45) is 0.754. The number of aryl methyl sites for hydroxylation is 1. The number of carbonyl (C=O) groups is 1. The Morgan fingerprint density at radius 1 is 1.24 bits per heavy atom. The Morgan fingerprint density at radius 3 is 2.86 bits per heavy atom. The Kier molecular flexibility index (Phi) is 4.94. The first-order valence-electron chi connectivity index (χ1n) is 9.40. The van der Waals surface area contributed by atoms with E-state index < -0.39 is 11.7 Å². The minimum atomic E-state index is -4.42. The van der Waals surface area contributed by atoms with Crippen LogP contribution < -0.4 is 10.2 Å². The van der Waals surface area contributed by atoms with Crippen LogP contribution in [-0.2, 0) is 24.4 Å². The molecule has 0 bridgehead atoms. The second kappa shape index (κ2) is 7.42. The average Bonchev–Trinajstić information content (AvgIpc) is 3.28. The van der Waals surface area contributed by atoms with Crippen molar-refractivity contribution in [1.29, 1.82) is 0 Å². The fraction of sp³-hybridized carbons (Fsp3) is 0.333. The van der Waals surface area contributed by atoms with Crippen LogP contribution in [-0.4, -0.2) is 34.6 Å². The van der Waals surface area contributed by atoms with Crippen molar-refractivity contribution >= 4 is 22.5 Å². The molecule has 1 N–H and O–H groups in total. The van der Waals surface area contributed by atoms with Gasteiger partial charge in [0.25, 0.3) is 0 Å². The molecule has 2 aromatic heterocycles. The molecular weight excluding hydrogens is 381 g/mol. The van der Waals surface area contributed by atoms with E-state index in [0.29, 0.717) is 25.2 Å². The fourth-order valence-corrected chi connectivity index (χ4v) is 3.77. The lowest BCUT2D eigenvalue weighted by Gasteiger charge is -2.20. The molecule has 29 heavy (non-hydrogen) atoms. The van der Waals surface area contributed by atoms with Gasteiger partial charge < -0.3 is 14.8 Å². The summed E-state index contributed by atoms with van der Waals surface area (Å²) in [5.41, 5.74) is 1.69. The van der Waals surface area contributed by atoms with Crippen LogP contribution in [0, 0.1) is 0 Å². The van der Waals surface area contributed by atoms with Gasteiger partial charge in [0.1, 0.15) is 0 Å². The molecule has 5 nitrogen and oxygen atoms in total. The number of nitrogens with zero attached hydrogens (tertiary/aromatic N) is 3. The lowest BCUT2D eigenvalue weighted by atomic mass is 10.1. The van der Waals surface area contributed by atoms with Crippen molar-refractivity contribution in [2.45, 2.75) is 25.1 Å². The molecular formula is C21H21F3N4O. The number of nitrogens with one attached hydrogen (secondary N) is 1. The van der Waals surface area contributed by atoms with E-state index in [1.807, 2.05) is 47.0 Å². The number of amides is 1. The highest BCUT2D eigenvalue weighted by Gasteiger charge is 2.32. The van der Waals surface area contributed by atoms with Crippen LogP contribution in [0.1, 0.15) is 17.5 Å². The van der Waals surface area contributed by atoms with E-state index in [-0.39, 0.29) is 18.4 Å². The lowest BCUT2D eigenvalue weighted by Crippen LogP contribution is -2.38. The minimum Gasteiger partial charge on any atom is -0.368 e. The number of alkyl halides is 3. The number of rotatable bonds is 4. The third-order valence-corrected chi connectivity index (χ3v) is 5.28. The molecule has 0 radical (unpaired) electrons. The van der Waals surface area contributed by atoms with Crippen molar-refractivity contribution in [3.63, 3.8) is 0 Å². The second-order valence-corrected chi connectivity index (χ2v) is 7.43. The van der Waals surface area contributed by atoms with Crippen LogP contribution in [0.25, 0.3) is 10.9 Å². The molecule has 0 spiro atoms. The number of benzene rings is 1. The quantitative estimate of drug-likeness (QED) is 0.727. The number of aromatic nitrogens is 2. The number of fused-ring (bicyclic) bond motifs is 1. The fourth-order valence-electron chi connectivity index (χ4n) is 3.77. The molecule has 3 aromatic rings. The Bertz CT molecular complexity index is 1040. The Balaban J connectivity index is 1.36. The first-order valence-corrected chi connectivity index (χ1v) is 9.40. The van der Waals surface area contributed by atoms with Crippen molar-refractivity contribution < 1.29 is 18.0 Å². The maximum atomic E-state index is 12.9. The molecule has 0 aliphatic carbocycles. The van der Waals surface area contributed by atoms with Crippen molar-refractivity contribution in [3.05, 3.63) is 60.0 Å². The monoisotopic (exact) mass is 402 g/mol. The first-order chi connectivity index (χ1) is 13.8. The number of carbonyl (C=O) groups excluding carboxylic acids is 1. The summed E-state index contributed by atoms with van der Waals surface area (Å²) in [4.78, 5) is 18.0. The maximum absolute atomic E-state index is 12.9. The van der Waals surface area contributed by atoms with Crippen molar-refractivity contribution in [2.75, 3.05) is 18.0 Å². The SMILES string of the molecule is Cn1ccc2cc(CC(=O)N[C@@H]3CCN(c4cncc(C(F)(F)F)c4)C3)ccc21. The molecule has 1 aliphatic heterocycles. The molecule has 1 aromatic carbocycles. The van der Waals surface area contributed by atoms with E-state index in [4.69, 9.17) is 0 Å². The van der Waals surface area contributed by atoms with Gasteiger partial charge in [0, 0.05) is 44.1 Å². The number of hydrogen-bond acceptors (Lipinski definition) is 3. The summed E-state index contributed by atoms with van der Waals surface area (Å²) in [5, 5.41) is 4.08. The molecule has 1 aliphatic rings. The molecule has 0 saturated carbocycles. The zero-order valence-corrected chi connectivity index (χ0v) is 15.9. The zero-order chi connectivity index (χ0) is 20.6. The van der Waals surface area contributed by atoms with Crippen LogP contribution in [0.5, 0.6) is 0 Å². The summed E-state index contributed by atoms with van der Waals surface area (Å²) in [6.45, 7) is 1.04. The van der Waals surface area contributed by atoms with E-state index in [9.17, 15) is 18.0 Å². The largest absolute Gasteiger partial charge is 0.417 e. The first kappa shape index (κ1) is 19.3. The van der Waals surface area contributed by atoms with Crippen molar-refractivity contribution in [3.8, 4) is 0 Å². The van der Waals surface area contributed by atoms with Gasteiger partial charge in [-0.05, 0) is 41.6 Å². The van der Waals surface area contributed by atoms with Gasteiger partial charge in [0.2, 0.25) is 5.91 Å². The number of hydrogen-bond donors (Lipinski definition) is 1. The zero-order valence-electron chi connectivity index (χ0n) is 15.9. The summed E-state index contributed by atoms with van der Waals surface area (Å²) in [7, 11) is 1.97. The van der Waals surface area contributed by atoms with Gasteiger partial charge >= 0.3 is 6.18 Å². The van der Waals surface area contributed by atoms with Crippen LogP contribution in [0.3, 0.4) is 0 Å². The van der Waals surface area contributed by atoms with Gasteiger partial charge in [0.15, 0.2) is 0 Å². The third kappa shape index (κ3) is 4.21. The van der Waals surface area contributed by atoms with Crippen LogP contribution >= 0.6 is 0 Å². The second-order valence-electron chi connectivity index (χ2n) is 7.43. The molecule has 1 atom stereocenters. The summed E-state index contributed by atoms with van der Waals surface area (Å²) in [5.74, 6) is -0.0886. The Labute approximate surface area is 166 Å². The molecule has 1 saturated heterocycles. The lowest BCUT2D eigenvalue weighted by molar-refractivity contribution is -0.137. The predicted octanol–water partition coefficient (Wildman–Crippen LogP) is 3.53. The van der Waals surface area contributed by atoms with Gasteiger partial charge in [-0.15, -0.1) is 0 Å². The van der Waals surface area contributed by atoms with Crippen LogP contribution in [0.2, 0.25) is 0 Å². The molecule has 1 amide bonds. The average molecular weight is 402 g/mol. The molecule has 4 rings (SSSR count). The summed E-state index contributed by atoms with van der Waals surface area (Å²) >= 11 is 0. The molecule has 1 fully saturated rings. The standard InChI is InChI=1S/C21H21F3N4O/c1-27-6-4-15-8-14(2-3-19(15)27)9-20(29)26-17-5-7-28(13-17)18-10-16(11-25-12-18)21(22,23)24/h2-4,6,8,10-12,17H,5,7,9,13H2,1H3,(H,26,29)/t17-/m1/s1. The van der Waals surface area contributed by atoms with Gasteiger partial charge in [-0.2, -0.15) is 13.2 Å². The maximum Gasteiger partial charge on any atom is 0.417 e. The van der Waals surface area contributed by atoms with Gasteiger partial charge in [-0.3, -0.25) is 9.78 Å². The highest BCUT2D eigenvalue weighted by atomic mass is 19.4. The third-order valence-electron chi connectivity index (χ3n) is 5.28. The summed E-state index contributed by atoms with van der Waals surface area (Å²) in [6, 6.07) is 8.95. The van der Waals surface area contributed by atoms with E-state index in [0.717, 1.165) is 28.7 Å². The molecule has 152 valence electrons. The number of anilines is 1. The molecule has 0 unspecified atom stereocenters. The topological polar surface area (TPSA) is 50.2 Å². The Hall–Kier alpha value is -3.03. The smallest absolute Gasteiger partial charge is 0.368 e. The van der Waals surface area contributed by atoms with Crippen molar-refractivity contribution in [1.82, 2.24) is 14.9 Å². The molecule has 8 heteroatoms. The number of halogens is 3. The minimum absolute atomic E-state index is 0.0886. The van der Waals surface area contributed by atoms with E-state index in [1.54, 1.807) is 0 Å². The van der Waals surface area contributed by atoms with Crippen LogP contribution in [0.15, 0.2) is 48.9 Å². The van der Waals surface area contributed by atoms with E-state index in [1.165, 1.54) is 6.20 Å². The van der Waals surface area contributed by atoms with Crippen LogP contribution in [0.4, 0.5) is 18.9 Å². The number of pyridine rings is 1. The highest BCUT2D eigenvalue weighted by Crippen LogP contribution is 2.31. The molecule has 3 heterocycles. The van der Waals surface area contributed by atoms with E-state index >= 15 is 0 Å². The normalized spacial score (nSPS) is 17.1. The predicted molar refractivity (Wildman–Crippen MR) is 105 cm³/mol. The van der Waals surface area contributed by atoms with E-state index in [2.05, 4.69) is 10.3 Å². The van der Waals surface area contributed by atoms with Gasteiger partial charge in [-0.25, -0.2) is 0 Å². The highest BCUT2D eigenvalue weighted by molar-refractivity contribution is 5.84. The summed E-state index contributed by atoms with van der Waals surface area (Å²) < 4.78 is 40.7. The Morgan fingerprint density at radius 2 is 2.07 bits per heavy atom. The van der Waals surface area contributed by atoms with Crippen molar-refractivity contribution in [2.24, 2.45) is 7.05 Å².